The maximum absolute atomic E-state index is 12.6. The number of anilines is 2. The van der Waals surface area contributed by atoms with Crippen molar-refractivity contribution in [1.29, 1.82) is 0 Å². The number of halogens is 3. The van der Waals surface area contributed by atoms with Gasteiger partial charge in [0.15, 0.2) is 5.82 Å². The molecule has 1 N–H and O–H groups in total. The maximum Gasteiger partial charge on any atom is 0.416 e. The molecule has 1 aromatic carbocycles. The first-order valence-corrected chi connectivity index (χ1v) is 7.34. The van der Waals surface area contributed by atoms with Crippen molar-refractivity contribution in [2.24, 2.45) is 0 Å². The minimum atomic E-state index is -4.31. The lowest BCUT2D eigenvalue weighted by molar-refractivity contribution is -0.137. The highest BCUT2D eigenvalue weighted by Crippen LogP contribution is 2.31. The van der Waals surface area contributed by atoms with Crippen LogP contribution in [0, 0.1) is 0 Å². The van der Waals surface area contributed by atoms with Gasteiger partial charge in [0, 0.05) is 31.2 Å². The maximum atomic E-state index is 12.6. The monoisotopic (exact) mass is 334 g/mol. The predicted molar refractivity (Wildman–Crippen MR) is 81.8 cm³/mol. The normalized spacial score (nSPS) is 15.5. The van der Waals surface area contributed by atoms with Crippen LogP contribution in [0.1, 0.15) is 5.56 Å². The molecule has 0 saturated carbocycles. The summed E-state index contributed by atoms with van der Waals surface area (Å²) in [4.78, 5) is 6.26. The third-order valence-corrected chi connectivity index (χ3v) is 4.00. The van der Waals surface area contributed by atoms with Gasteiger partial charge in [-0.25, -0.2) is 4.98 Å². The molecule has 124 valence electrons. The van der Waals surface area contributed by atoms with E-state index >= 15 is 0 Å². The molecule has 0 amide bonds. The van der Waals surface area contributed by atoms with Crippen molar-refractivity contribution in [1.82, 2.24) is 19.6 Å². The van der Waals surface area contributed by atoms with E-state index in [9.17, 15) is 13.2 Å². The van der Waals surface area contributed by atoms with E-state index in [1.807, 2.05) is 4.90 Å². The molecule has 3 aromatic rings. The highest BCUT2D eigenvalue weighted by atomic mass is 19.4. The first-order chi connectivity index (χ1) is 11.5. The number of nitrogens with zero attached hydrogens (tertiary/aromatic N) is 5. The molecule has 3 heterocycles. The number of fused-ring (bicyclic) bond motifs is 1. The lowest BCUT2D eigenvalue weighted by atomic mass is 10.1. The third-order valence-electron chi connectivity index (χ3n) is 4.00. The Kier molecular flexibility index (Phi) is 3.29. The van der Waals surface area contributed by atoms with Crippen LogP contribution in [-0.4, -0.2) is 38.7 Å². The second kappa shape index (κ2) is 5.36. The van der Waals surface area contributed by atoms with Crippen LogP contribution in [0.25, 0.3) is 5.65 Å². The van der Waals surface area contributed by atoms with E-state index in [1.165, 1.54) is 12.1 Å². The van der Waals surface area contributed by atoms with Crippen molar-refractivity contribution in [2.75, 3.05) is 23.3 Å². The molecule has 1 aliphatic heterocycles. The smallest absolute Gasteiger partial charge is 0.367 e. The van der Waals surface area contributed by atoms with Crippen molar-refractivity contribution in [3.8, 4) is 0 Å². The van der Waals surface area contributed by atoms with Crippen LogP contribution < -0.4 is 10.2 Å². The Morgan fingerprint density at radius 2 is 1.88 bits per heavy atom. The van der Waals surface area contributed by atoms with Crippen LogP contribution in [0.15, 0.2) is 43.0 Å². The Bertz CT molecular complexity index is 852. The molecule has 6 nitrogen and oxygen atoms in total. The van der Waals surface area contributed by atoms with Gasteiger partial charge in [0.05, 0.1) is 11.6 Å². The summed E-state index contributed by atoms with van der Waals surface area (Å²) >= 11 is 0. The highest BCUT2D eigenvalue weighted by Gasteiger charge is 2.31. The van der Waals surface area contributed by atoms with E-state index in [-0.39, 0.29) is 6.04 Å². The number of alkyl halides is 3. The molecule has 0 bridgehead atoms. The van der Waals surface area contributed by atoms with Gasteiger partial charge in [-0.1, -0.05) is 0 Å². The van der Waals surface area contributed by atoms with Gasteiger partial charge in [0.2, 0.25) is 5.65 Å². The van der Waals surface area contributed by atoms with E-state index < -0.39 is 11.7 Å². The zero-order valence-electron chi connectivity index (χ0n) is 12.4. The van der Waals surface area contributed by atoms with Crippen molar-refractivity contribution in [2.45, 2.75) is 12.2 Å². The molecule has 4 rings (SSSR count). The fourth-order valence-corrected chi connectivity index (χ4v) is 2.70. The minimum absolute atomic E-state index is 0.155. The van der Waals surface area contributed by atoms with Crippen molar-refractivity contribution < 1.29 is 13.2 Å². The van der Waals surface area contributed by atoms with Crippen LogP contribution in [0.2, 0.25) is 0 Å². The number of nitrogens with one attached hydrogen (secondary N) is 1. The first kappa shape index (κ1) is 14.7. The number of hydrogen-bond acceptors (Lipinski definition) is 5. The first-order valence-electron chi connectivity index (χ1n) is 7.34. The molecular formula is C15H13F3N6. The van der Waals surface area contributed by atoms with Crippen LogP contribution in [0.3, 0.4) is 0 Å². The molecule has 0 radical (unpaired) electrons. The van der Waals surface area contributed by atoms with Gasteiger partial charge in [-0.2, -0.15) is 13.2 Å². The van der Waals surface area contributed by atoms with Crippen LogP contribution in [-0.2, 0) is 6.18 Å². The summed E-state index contributed by atoms with van der Waals surface area (Å²) < 4.78 is 39.5. The fraction of sp³-hybridized carbons (Fsp3) is 0.267. The SMILES string of the molecule is FC(F)(F)c1ccc(N2CC(Nc3nccn4cnnc34)C2)cc1. The van der Waals surface area contributed by atoms with Gasteiger partial charge in [0.1, 0.15) is 6.33 Å². The largest absolute Gasteiger partial charge is 0.416 e. The van der Waals surface area contributed by atoms with Crippen molar-refractivity contribution >= 4 is 17.2 Å². The molecule has 1 fully saturated rings. The molecule has 2 aromatic heterocycles. The predicted octanol–water partition coefficient (Wildman–Crippen LogP) is 2.44. The zero-order valence-corrected chi connectivity index (χ0v) is 12.4. The Labute approximate surface area is 134 Å². The van der Waals surface area contributed by atoms with Gasteiger partial charge >= 0.3 is 6.18 Å². The van der Waals surface area contributed by atoms with Gasteiger partial charge in [-0.3, -0.25) is 4.40 Å². The molecule has 24 heavy (non-hydrogen) atoms. The number of aromatic nitrogens is 4. The summed E-state index contributed by atoms with van der Waals surface area (Å²) in [7, 11) is 0. The quantitative estimate of drug-likeness (QED) is 0.797. The summed E-state index contributed by atoms with van der Waals surface area (Å²) in [5.74, 6) is 0.645. The average Bonchev–Trinajstić information content (AvgIpc) is 2.99. The van der Waals surface area contributed by atoms with E-state index in [1.54, 1.807) is 23.1 Å². The van der Waals surface area contributed by atoms with Crippen LogP contribution >= 0.6 is 0 Å². The number of benzene rings is 1. The highest BCUT2D eigenvalue weighted by molar-refractivity contribution is 5.63. The lowest BCUT2D eigenvalue weighted by Crippen LogP contribution is -2.55. The summed E-state index contributed by atoms with van der Waals surface area (Å²) in [5, 5.41) is 11.1. The van der Waals surface area contributed by atoms with Crippen molar-refractivity contribution in [3.05, 3.63) is 48.5 Å². The zero-order chi connectivity index (χ0) is 16.7. The average molecular weight is 334 g/mol. The molecule has 1 saturated heterocycles. The molecule has 9 heteroatoms. The third kappa shape index (κ3) is 2.61. The molecule has 0 atom stereocenters. The molecule has 0 spiro atoms. The molecule has 0 aliphatic carbocycles. The second-order valence-electron chi connectivity index (χ2n) is 5.63. The van der Waals surface area contributed by atoms with Gasteiger partial charge in [0.25, 0.3) is 0 Å². The lowest BCUT2D eigenvalue weighted by Gasteiger charge is -2.41. The Balaban J connectivity index is 1.41. The van der Waals surface area contributed by atoms with E-state index in [0.29, 0.717) is 24.6 Å². The summed E-state index contributed by atoms with van der Waals surface area (Å²) in [5.41, 5.74) is 0.782. The fourth-order valence-electron chi connectivity index (χ4n) is 2.70. The molecular weight excluding hydrogens is 321 g/mol. The Morgan fingerprint density at radius 1 is 1.12 bits per heavy atom. The molecule has 0 unspecified atom stereocenters. The summed E-state index contributed by atoms with van der Waals surface area (Å²) in [6.45, 7) is 1.37. The standard InChI is InChI=1S/C15H13F3N6/c16-15(17,18)10-1-3-12(4-2-10)24-7-11(8-24)21-13-14-22-20-9-23(14)6-5-19-13/h1-6,9,11H,7-8H2,(H,19,21). The Morgan fingerprint density at radius 3 is 2.58 bits per heavy atom. The van der Waals surface area contributed by atoms with E-state index in [2.05, 4.69) is 20.5 Å². The Hall–Kier alpha value is -2.84. The van der Waals surface area contributed by atoms with Crippen molar-refractivity contribution in [3.63, 3.8) is 0 Å². The van der Waals surface area contributed by atoms with Gasteiger partial charge in [-0.15, -0.1) is 10.2 Å². The van der Waals surface area contributed by atoms with Crippen LogP contribution in [0.5, 0.6) is 0 Å². The number of hydrogen-bond donors (Lipinski definition) is 1. The second-order valence-corrected chi connectivity index (χ2v) is 5.63. The van der Waals surface area contributed by atoms with Gasteiger partial charge < -0.3 is 10.2 Å². The van der Waals surface area contributed by atoms with E-state index in [4.69, 9.17) is 0 Å². The topological polar surface area (TPSA) is 58.4 Å². The molecule has 1 aliphatic rings. The summed E-state index contributed by atoms with van der Waals surface area (Å²) in [6, 6.07) is 5.36. The van der Waals surface area contributed by atoms with Gasteiger partial charge in [-0.05, 0) is 24.3 Å². The van der Waals surface area contributed by atoms with E-state index in [0.717, 1.165) is 17.8 Å². The summed E-state index contributed by atoms with van der Waals surface area (Å²) in [6.07, 6.45) is 0.707. The minimum Gasteiger partial charge on any atom is -0.367 e. The number of rotatable bonds is 3. The van der Waals surface area contributed by atoms with Crippen LogP contribution in [0.4, 0.5) is 24.7 Å².